The second kappa shape index (κ2) is 6.51. The van der Waals surface area contributed by atoms with E-state index >= 15 is 0 Å². The maximum Gasteiger partial charge on any atom is 0.225 e. The zero-order valence-corrected chi connectivity index (χ0v) is 14.0. The molecule has 19 heavy (non-hydrogen) atoms. The van der Waals surface area contributed by atoms with Crippen LogP contribution in [-0.4, -0.2) is 10.9 Å². The van der Waals surface area contributed by atoms with Crippen LogP contribution in [0.3, 0.4) is 0 Å². The van der Waals surface area contributed by atoms with Crippen LogP contribution in [0.4, 0.5) is 5.82 Å². The predicted molar refractivity (Wildman–Crippen MR) is 83.2 cm³/mol. The van der Waals surface area contributed by atoms with Gasteiger partial charge in [0.05, 0.1) is 0 Å². The number of carbonyl (C=O) groups excluding carboxylic acids is 1. The van der Waals surface area contributed by atoms with E-state index in [0.29, 0.717) is 18.2 Å². The van der Waals surface area contributed by atoms with E-state index < -0.39 is 0 Å². The highest BCUT2D eigenvalue weighted by molar-refractivity contribution is 9.10. The summed E-state index contributed by atoms with van der Waals surface area (Å²) in [6.45, 7) is 10.6. The smallest absolute Gasteiger partial charge is 0.225 e. The summed E-state index contributed by atoms with van der Waals surface area (Å²) in [5, 5.41) is 2.88. The fraction of sp³-hybridized carbons (Fsp3) is 0.600. The summed E-state index contributed by atoms with van der Waals surface area (Å²) in [4.78, 5) is 16.2. The summed E-state index contributed by atoms with van der Waals surface area (Å²) in [6.07, 6.45) is 3.27. The van der Waals surface area contributed by atoms with Crippen LogP contribution in [0.15, 0.2) is 16.7 Å². The Bertz CT molecular complexity index is 452. The molecule has 0 radical (unpaired) electrons. The average Bonchev–Trinajstić information content (AvgIpc) is 2.19. The van der Waals surface area contributed by atoms with Gasteiger partial charge >= 0.3 is 0 Å². The molecule has 4 heteroatoms. The molecule has 1 N–H and O–H groups in total. The van der Waals surface area contributed by atoms with E-state index in [-0.39, 0.29) is 11.3 Å². The van der Waals surface area contributed by atoms with Crippen LogP contribution in [-0.2, 0) is 4.79 Å². The van der Waals surface area contributed by atoms with Gasteiger partial charge in [0.15, 0.2) is 0 Å². The molecule has 1 atom stereocenters. The number of amides is 1. The minimum absolute atomic E-state index is 0.0367. The van der Waals surface area contributed by atoms with Gasteiger partial charge in [0.2, 0.25) is 5.91 Å². The Labute approximate surface area is 124 Å². The Balaban J connectivity index is 2.56. The SMILES string of the molecule is Cc1cc(Br)cnc1NC(=O)CC(C)CC(C)(C)C. The first-order valence-corrected chi connectivity index (χ1v) is 7.38. The number of halogens is 1. The van der Waals surface area contributed by atoms with Crippen molar-refractivity contribution in [2.45, 2.75) is 47.5 Å². The molecule has 0 bridgehead atoms. The second-order valence-corrected chi connectivity index (χ2v) is 7.36. The number of hydrogen-bond donors (Lipinski definition) is 1. The van der Waals surface area contributed by atoms with Crippen molar-refractivity contribution in [2.75, 3.05) is 5.32 Å². The minimum Gasteiger partial charge on any atom is -0.310 e. The van der Waals surface area contributed by atoms with Gasteiger partial charge in [-0.2, -0.15) is 0 Å². The molecule has 1 amide bonds. The lowest BCUT2D eigenvalue weighted by molar-refractivity contribution is -0.117. The van der Waals surface area contributed by atoms with Gasteiger partial charge in [-0.05, 0) is 52.2 Å². The zero-order valence-electron chi connectivity index (χ0n) is 12.4. The maximum atomic E-state index is 12.0. The van der Waals surface area contributed by atoms with E-state index in [0.717, 1.165) is 16.5 Å². The standard InChI is InChI=1S/C15H23BrN2O/c1-10(8-15(3,4)5)6-13(19)18-14-11(2)7-12(16)9-17-14/h7,9-10H,6,8H2,1-5H3,(H,17,18,19). The number of rotatable bonds is 4. The van der Waals surface area contributed by atoms with E-state index in [9.17, 15) is 4.79 Å². The number of carbonyl (C=O) groups is 1. The fourth-order valence-electron chi connectivity index (χ4n) is 2.29. The molecule has 0 fully saturated rings. The molecule has 0 aliphatic carbocycles. The normalized spacial score (nSPS) is 13.2. The summed E-state index contributed by atoms with van der Waals surface area (Å²) in [6, 6.07) is 1.95. The van der Waals surface area contributed by atoms with Crippen molar-refractivity contribution in [1.29, 1.82) is 0 Å². The molecule has 1 unspecified atom stereocenters. The summed E-state index contributed by atoms with van der Waals surface area (Å²) in [5.41, 5.74) is 1.22. The van der Waals surface area contributed by atoms with E-state index in [2.05, 4.69) is 53.9 Å². The van der Waals surface area contributed by atoms with Crippen molar-refractivity contribution in [3.8, 4) is 0 Å². The van der Waals surface area contributed by atoms with Crippen LogP contribution in [0.25, 0.3) is 0 Å². The Hall–Kier alpha value is -0.900. The third kappa shape index (κ3) is 6.19. The van der Waals surface area contributed by atoms with Crippen LogP contribution >= 0.6 is 15.9 Å². The lowest BCUT2D eigenvalue weighted by Gasteiger charge is -2.22. The molecule has 1 rings (SSSR count). The van der Waals surface area contributed by atoms with Gasteiger partial charge < -0.3 is 5.32 Å². The molecular weight excluding hydrogens is 304 g/mol. The number of aromatic nitrogens is 1. The quantitative estimate of drug-likeness (QED) is 0.881. The van der Waals surface area contributed by atoms with E-state index in [1.807, 2.05) is 13.0 Å². The Morgan fingerprint density at radius 3 is 2.63 bits per heavy atom. The summed E-state index contributed by atoms with van der Waals surface area (Å²) in [7, 11) is 0. The van der Waals surface area contributed by atoms with Gasteiger partial charge in [-0.1, -0.05) is 27.7 Å². The first kappa shape index (κ1) is 16.2. The van der Waals surface area contributed by atoms with Crippen molar-refractivity contribution >= 4 is 27.7 Å². The highest BCUT2D eigenvalue weighted by Gasteiger charge is 2.18. The minimum atomic E-state index is 0.0367. The third-order valence-corrected chi connectivity index (χ3v) is 3.23. The van der Waals surface area contributed by atoms with Gasteiger partial charge in [-0.15, -0.1) is 0 Å². The predicted octanol–water partition coefficient (Wildman–Crippen LogP) is 4.55. The second-order valence-electron chi connectivity index (χ2n) is 6.44. The lowest BCUT2D eigenvalue weighted by Crippen LogP contribution is -2.19. The summed E-state index contributed by atoms with van der Waals surface area (Å²) >= 11 is 3.36. The van der Waals surface area contributed by atoms with Crippen molar-refractivity contribution in [3.63, 3.8) is 0 Å². The first-order chi connectivity index (χ1) is 8.67. The van der Waals surface area contributed by atoms with Crippen LogP contribution < -0.4 is 5.32 Å². The molecular formula is C15H23BrN2O. The van der Waals surface area contributed by atoms with E-state index in [1.54, 1.807) is 6.20 Å². The molecule has 0 saturated carbocycles. The van der Waals surface area contributed by atoms with Crippen molar-refractivity contribution in [3.05, 3.63) is 22.3 Å². The number of anilines is 1. The molecule has 0 spiro atoms. The number of aryl methyl sites for hydroxylation is 1. The molecule has 0 aliphatic heterocycles. The highest BCUT2D eigenvalue weighted by atomic mass is 79.9. The molecule has 1 aromatic rings. The van der Waals surface area contributed by atoms with Gasteiger partial charge in [0.1, 0.15) is 5.82 Å². The van der Waals surface area contributed by atoms with Gasteiger partial charge in [-0.3, -0.25) is 4.79 Å². The number of hydrogen-bond acceptors (Lipinski definition) is 2. The van der Waals surface area contributed by atoms with Crippen LogP contribution in [0.1, 0.15) is 46.1 Å². The van der Waals surface area contributed by atoms with Gasteiger partial charge in [0, 0.05) is 17.1 Å². The fourth-order valence-corrected chi connectivity index (χ4v) is 2.73. The van der Waals surface area contributed by atoms with Crippen LogP contribution in [0.2, 0.25) is 0 Å². The molecule has 1 heterocycles. The Morgan fingerprint density at radius 2 is 2.11 bits per heavy atom. The average molecular weight is 327 g/mol. The maximum absolute atomic E-state index is 12.0. The molecule has 0 aromatic carbocycles. The van der Waals surface area contributed by atoms with Crippen molar-refractivity contribution in [1.82, 2.24) is 4.98 Å². The van der Waals surface area contributed by atoms with Crippen molar-refractivity contribution < 1.29 is 4.79 Å². The Kier molecular flexibility index (Phi) is 5.53. The Morgan fingerprint density at radius 1 is 1.47 bits per heavy atom. The lowest BCUT2D eigenvalue weighted by atomic mass is 9.84. The number of nitrogens with one attached hydrogen (secondary N) is 1. The van der Waals surface area contributed by atoms with Gasteiger partial charge in [0.25, 0.3) is 0 Å². The van der Waals surface area contributed by atoms with E-state index in [4.69, 9.17) is 0 Å². The summed E-state index contributed by atoms with van der Waals surface area (Å²) in [5.74, 6) is 1.06. The van der Waals surface area contributed by atoms with Gasteiger partial charge in [-0.25, -0.2) is 4.98 Å². The van der Waals surface area contributed by atoms with Crippen LogP contribution in [0, 0.1) is 18.3 Å². The molecule has 3 nitrogen and oxygen atoms in total. The molecule has 1 aromatic heterocycles. The van der Waals surface area contributed by atoms with Crippen LogP contribution in [0.5, 0.6) is 0 Å². The monoisotopic (exact) mass is 326 g/mol. The number of pyridine rings is 1. The van der Waals surface area contributed by atoms with Crippen molar-refractivity contribution in [2.24, 2.45) is 11.3 Å². The first-order valence-electron chi connectivity index (χ1n) is 6.59. The highest BCUT2D eigenvalue weighted by Crippen LogP contribution is 2.26. The molecule has 0 aliphatic rings. The topological polar surface area (TPSA) is 42.0 Å². The molecule has 0 saturated heterocycles. The van der Waals surface area contributed by atoms with E-state index in [1.165, 1.54) is 0 Å². The largest absolute Gasteiger partial charge is 0.310 e. The molecule has 106 valence electrons. The zero-order chi connectivity index (χ0) is 14.6. The number of nitrogens with zero attached hydrogens (tertiary/aromatic N) is 1. The third-order valence-electron chi connectivity index (χ3n) is 2.80. The summed E-state index contributed by atoms with van der Waals surface area (Å²) < 4.78 is 0.920.